The van der Waals surface area contributed by atoms with Crippen LogP contribution in [0.1, 0.15) is 38.3 Å². The normalized spacial score (nSPS) is 14.2. The zero-order valence-corrected chi connectivity index (χ0v) is 20.2. The van der Waals surface area contributed by atoms with E-state index in [9.17, 15) is 18.0 Å². The number of amides is 2. The third-order valence-corrected chi connectivity index (χ3v) is 7.07. The molecule has 0 saturated heterocycles. The minimum absolute atomic E-state index is 0.0776. The number of carbonyl (C=O) groups excluding carboxylic acids is 2. The van der Waals surface area contributed by atoms with E-state index in [-0.39, 0.29) is 23.3 Å². The van der Waals surface area contributed by atoms with Gasteiger partial charge in [0, 0.05) is 31.3 Å². The molecule has 1 heterocycles. The molecule has 0 spiro atoms. The summed E-state index contributed by atoms with van der Waals surface area (Å²) < 4.78 is 34.1. The fraction of sp³-hybridized carbons (Fsp3) is 0.417. The maximum absolute atomic E-state index is 13.1. The SMILES string of the molecule is COc1ccccc1CNC(=O)C(CC(C)C)NS(=O)(=O)c1ccc2c(c1)CCN2C(C)=O. The summed E-state index contributed by atoms with van der Waals surface area (Å²) in [7, 11) is -2.39. The monoisotopic (exact) mass is 473 g/mol. The number of hydrogen-bond acceptors (Lipinski definition) is 5. The minimum atomic E-state index is -3.94. The summed E-state index contributed by atoms with van der Waals surface area (Å²) in [6.07, 6.45) is 0.938. The summed E-state index contributed by atoms with van der Waals surface area (Å²) in [4.78, 5) is 26.4. The molecule has 1 aliphatic rings. The Labute approximate surface area is 195 Å². The number of hydrogen-bond donors (Lipinski definition) is 2. The van der Waals surface area contributed by atoms with Crippen LogP contribution < -0.4 is 19.7 Å². The van der Waals surface area contributed by atoms with Crippen molar-refractivity contribution < 1.29 is 22.7 Å². The van der Waals surface area contributed by atoms with Crippen LogP contribution >= 0.6 is 0 Å². The smallest absolute Gasteiger partial charge is 0.241 e. The average molecular weight is 474 g/mol. The predicted molar refractivity (Wildman–Crippen MR) is 127 cm³/mol. The second-order valence-corrected chi connectivity index (χ2v) is 10.3. The highest BCUT2D eigenvalue weighted by molar-refractivity contribution is 7.89. The number of para-hydroxylation sites is 1. The highest BCUT2D eigenvalue weighted by atomic mass is 32.2. The van der Waals surface area contributed by atoms with Gasteiger partial charge in [0.2, 0.25) is 21.8 Å². The molecule has 1 unspecified atom stereocenters. The lowest BCUT2D eigenvalue weighted by molar-refractivity contribution is -0.123. The molecule has 0 bridgehead atoms. The van der Waals surface area contributed by atoms with Crippen molar-refractivity contribution in [3.05, 3.63) is 53.6 Å². The molecule has 0 radical (unpaired) electrons. The lowest BCUT2D eigenvalue weighted by Crippen LogP contribution is -2.47. The first-order chi connectivity index (χ1) is 15.6. The summed E-state index contributed by atoms with van der Waals surface area (Å²) >= 11 is 0. The van der Waals surface area contributed by atoms with Gasteiger partial charge in [0.15, 0.2) is 0 Å². The molecule has 1 atom stereocenters. The molecule has 2 amide bonds. The number of rotatable bonds is 9. The number of nitrogens with zero attached hydrogens (tertiary/aromatic N) is 1. The molecule has 8 nitrogen and oxygen atoms in total. The van der Waals surface area contributed by atoms with Crippen LogP contribution in [-0.4, -0.2) is 39.9 Å². The highest BCUT2D eigenvalue weighted by Gasteiger charge is 2.29. The van der Waals surface area contributed by atoms with E-state index in [2.05, 4.69) is 10.0 Å². The van der Waals surface area contributed by atoms with Crippen LogP contribution in [0.3, 0.4) is 0 Å². The largest absolute Gasteiger partial charge is 0.496 e. The number of benzene rings is 2. The number of carbonyl (C=O) groups is 2. The number of fused-ring (bicyclic) bond motifs is 1. The summed E-state index contributed by atoms with van der Waals surface area (Å²) in [6.45, 7) is 6.10. The molecule has 2 aromatic carbocycles. The van der Waals surface area contributed by atoms with Crippen molar-refractivity contribution >= 4 is 27.5 Å². The van der Waals surface area contributed by atoms with E-state index < -0.39 is 22.0 Å². The van der Waals surface area contributed by atoms with Gasteiger partial charge >= 0.3 is 0 Å². The number of methoxy groups -OCH3 is 1. The van der Waals surface area contributed by atoms with Gasteiger partial charge in [-0.1, -0.05) is 32.0 Å². The second-order valence-electron chi connectivity index (χ2n) is 8.54. The Bertz CT molecular complexity index is 1130. The van der Waals surface area contributed by atoms with E-state index in [1.807, 2.05) is 32.0 Å². The van der Waals surface area contributed by atoms with Crippen molar-refractivity contribution in [3.63, 3.8) is 0 Å². The second kappa shape index (κ2) is 10.4. The van der Waals surface area contributed by atoms with Crippen molar-refractivity contribution in [1.82, 2.24) is 10.0 Å². The molecule has 0 saturated carbocycles. The van der Waals surface area contributed by atoms with Gasteiger partial charge in [0.05, 0.1) is 12.0 Å². The molecule has 0 aliphatic carbocycles. The summed E-state index contributed by atoms with van der Waals surface area (Å²) in [5.41, 5.74) is 2.33. The average Bonchev–Trinajstić information content (AvgIpc) is 3.20. The Morgan fingerprint density at radius 3 is 2.55 bits per heavy atom. The molecule has 178 valence electrons. The van der Waals surface area contributed by atoms with Crippen LogP contribution in [0.15, 0.2) is 47.4 Å². The predicted octanol–water partition coefficient (Wildman–Crippen LogP) is 2.61. The molecule has 0 fully saturated rings. The van der Waals surface area contributed by atoms with Gasteiger partial charge in [0.25, 0.3) is 0 Å². The molecule has 3 rings (SSSR count). The molecule has 9 heteroatoms. The Kier molecular flexibility index (Phi) is 7.76. The summed E-state index contributed by atoms with van der Waals surface area (Å²) in [6, 6.07) is 11.1. The van der Waals surface area contributed by atoms with Gasteiger partial charge in [0.1, 0.15) is 11.8 Å². The van der Waals surface area contributed by atoms with E-state index in [0.29, 0.717) is 25.1 Å². The zero-order chi connectivity index (χ0) is 24.2. The van der Waals surface area contributed by atoms with E-state index in [1.165, 1.54) is 13.0 Å². The maximum Gasteiger partial charge on any atom is 0.241 e. The fourth-order valence-electron chi connectivity index (χ4n) is 3.96. The number of anilines is 1. The van der Waals surface area contributed by atoms with E-state index in [0.717, 1.165) is 16.8 Å². The van der Waals surface area contributed by atoms with Gasteiger partial charge in [-0.3, -0.25) is 9.59 Å². The molecule has 0 aromatic heterocycles. The highest BCUT2D eigenvalue weighted by Crippen LogP contribution is 2.30. The minimum Gasteiger partial charge on any atom is -0.496 e. The summed E-state index contributed by atoms with van der Waals surface area (Å²) in [5.74, 6) is 0.267. The van der Waals surface area contributed by atoms with Crippen LogP contribution in [0.4, 0.5) is 5.69 Å². The lowest BCUT2D eigenvalue weighted by atomic mass is 10.0. The Morgan fingerprint density at radius 1 is 1.15 bits per heavy atom. The van der Waals surface area contributed by atoms with Crippen LogP contribution in [0.2, 0.25) is 0 Å². The van der Waals surface area contributed by atoms with Crippen LogP contribution in [-0.2, 0) is 32.6 Å². The zero-order valence-electron chi connectivity index (χ0n) is 19.4. The summed E-state index contributed by atoms with van der Waals surface area (Å²) in [5, 5.41) is 2.82. The Balaban J connectivity index is 1.76. The third-order valence-electron chi connectivity index (χ3n) is 5.60. The number of nitrogens with one attached hydrogen (secondary N) is 2. The van der Waals surface area contributed by atoms with Gasteiger partial charge in [-0.2, -0.15) is 4.72 Å². The van der Waals surface area contributed by atoms with Gasteiger partial charge < -0.3 is 15.0 Å². The molecular weight excluding hydrogens is 442 g/mol. The Hall–Kier alpha value is -2.91. The number of ether oxygens (including phenoxy) is 1. The first kappa shape index (κ1) is 24.7. The quantitative estimate of drug-likeness (QED) is 0.583. The molecule has 2 aromatic rings. The third kappa shape index (κ3) is 5.91. The van der Waals surface area contributed by atoms with E-state index in [4.69, 9.17) is 4.74 Å². The Morgan fingerprint density at radius 2 is 1.88 bits per heavy atom. The van der Waals surface area contributed by atoms with Gasteiger partial charge in [-0.25, -0.2) is 8.42 Å². The fourth-order valence-corrected chi connectivity index (χ4v) is 5.22. The van der Waals surface area contributed by atoms with Crippen molar-refractivity contribution in [1.29, 1.82) is 0 Å². The number of sulfonamides is 1. The molecule has 33 heavy (non-hydrogen) atoms. The van der Waals surface area contributed by atoms with E-state index >= 15 is 0 Å². The van der Waals surface area contributed by atoms with Crippen LogP contribution in [0, 0.1) is 5.92 Å². The molecule has 2 N–H and O–H groups in total. The standard InChI is InChI=1S/C24H31N3O5S/c1-16(2)13-21(24(29)25-15-19-7-5-6-8-23(19)32-4)26-33(30,31)20-9-10-22-18(14-20)11-12-27(22)17(3)28/h5-10,14,16,21,26H,11-13,15H2,1-4H3,(H,25,29). The molecular formula is C24H31N3O5S. The van der Waals surface area contributed by atoms with Crippen molar-refractivity contribution in [2.75, 3.05) is 18.6 Å². The van der Waals surface area contributed by atoms with Crippen molar-refractivity contribution in [2.24, 2.45) is 5.92 Å². The van der Waals surface area contributed by atoms with E-state index in [1.54, 1.807) is 30.2 Å². The first-order valence-corrected chi connectivity index (χ1v) is 12.4. The van der Waals surface area contributed by atoms with Crippen LogP contribution in [0.5, 0.6) is 5.75 Å². The van der Waals surface area contributed by atoms with Crippen LogP contribution in [0.25, 0.3) is 0 Å². The van der Waals surface area contributed by atoms with Gasteiger partial charge in [-0.15, -0.1) is 0 Å². The van der Waals surface area contributed by atoms with Crippen molar-refractivity contribution in [3.8, 4) is 5.75 Å². The topological polar surface area (TPSA) is 105 Å². The van der Waals surface area contributed by atoms with Gasteiger partial charge in [-0.05, 0) is 48.6 Å². The van der Waals surface area contributed by atoms with Crippen molar-refractivity contribution in [2.45, 2.75) is 51.1 Å². The first-order valence-electron chi connectivity index (χ1n) is 11.0. The maximum atomic E-state index is 13.1. The molecule has 1 aliphatic heterocycles. The lowest BCUT2D eigenvalue weighted by Gasteiger charge is -2.21.